The molecule has 1 fully saturated rings. The predicted octanol–water partition coefficient (Wildman–Crippen LogP) is 2.54. The summed E-state index contributed by atoms with van der Waals surface area (Å²) in [6.45, 7) is 3.34. The second-order valence-corrected chi connectivity index (χ2v) is 5.20. The molecule has 0 radical (unpaired) electrons. The fourth-order valence-electron chi connectivity index (χ4n) is 2.45. The molecule has 92 valence electrons. The van der Waals surface area contributed by atoms with Crippen LogP contribution in [-0.4, -0.2) is 29.5 Å². The number of rotatable bonds is 4. The standard InChI is InChI=1S/C14H20N2S/c15-14(17)13(12-7-3-1-4-8-12)11-16-9-5-2-6-10-16/h1,3-4,7-8,13H,2,5-6,9-11H2,(H2,15,17). The summed E-state index contributed by atoms with van der Waals surface area (Å²) in [5, 5.41) is 0. The van der Waals surface area contributed by atoms with Gasteiger partial charge in [-0.3, -0.25) is 0 Å². The van der Waals surface area contributed by atoms with Gasteiger partial charge in [0.05, 0.1) is 4.99 Å². The van der Waals surface area contributed by atoms with E-state index in [0.717, 1.165) is 6.54 Å². The van der Waals surface area contributed by atoms with Crippen LogP contribution in [0.2, 0.25) is 0 Å². The Morgan fingerprint density at radius 1 is 1.18 bits per heavy atom. The Kier molecular flexibility index (Phi) is 4.51. The highest BCUT2D eigenvalue weighted by Crippen LogP contribution is 2.19. The van der Waals surface area contributed by atoms with Crippen molar-refractivity contribution in [3.63, 3.8) is 0 Å². The largest absolute Gasteiger partial charge is 0.393 e. The summed E-state index contributed by atoms with van der Waals surface area (Å²) in [6, 6.07) is 10.4. The van der Waals surface area contributed by atoms with E-state index < -0.39 is 0 Å². The van der Waals surface area contributed by atoms with Gasteiger partial charge in [0.25, 0.3) is 0 Å². The van der Waals surface area contributed by atoms with Gasteiger partial charge in [-0.1, -0.05) is 49.0 Å². The van der Waals surface area contributed by atoms with E-state index in [9.17, 15) is 0 Å². The average Bonchev–Trinajstić information content (AvgIpc) is 2.38. The van der Waals surface area contributed by atoms with Gasteiger partial charge in [0.2, 0.25) is 0 Å². The van der Waals surface area contributed by atoms with E-state index in [-0.39, 0.29) is 5.92 Å². The van der Waals surface area contributed by atoms with Gasteiger partial charge in [0.1, 0.15) is 0 Å². The van der Waals surface area contributed by atoms with Gasteiger partial charge in [0.15, 0.2) is 0 Å². The van der Waals surface area contributed by atoms with E-state index in [1.807, 2.05) is 6.07 Å². The van der Waals surface area contributed by atoms with Crippen LogP contribution in [0.5, 0.6) is 0 Å². The minimum Gasteiger partial charge on any atom is -0.393 e. The minimum absolute atomic E-state index is 0.198. The molecule has 1 aromatic carbocycles. The van der Waals surface area contributed by atoms with Crippen LogP contribution >= 0.6 is 12.2 Å². The number of hydrogen-bond acceptors (Lipinski definition) is 2. The third-order valence-corrected chi connectivity index (χ3v) is 3.72. The fraction of sp³-hybridized carbons (Fsp3) is 0.500. The molecule has 0 bridgehead atoms. The molecule has 0 spiro atoms. The van der Waals surface area contributed by atoms with Crippen molar-refractivity contribution in [2.45, 2.75) is 25.2 Å². The van der Waals surface area contributed by atoms with E-state index >= 15 is 0 Å². The first-order valence-electron chi connectivity index (χ1n) is 6.34. The summed E-state index contributed by atoms with van der Waals surface area (Å²) in [5.41, 5.74) is 7.13. The quantitative estimate of drug-likeness (QED) is 0.830. The molecule has 0 saturated carbocycles. The van der Waals surface area contributed by atoms with Crippen LogP contribution in [0, 0.1) is 0 Å². The smallest absolute Gasteiger partial charge is 0.0816 e. The molecule has 1 unspecified atom stereocenters. The molecule has 1 aromatic rings. The van der Waals surface area contributed by atoms with Gasteiger partial charge < -0.3 is 10.6 Å². The molecule has 17 heavy (non-hydrogen) atoms. The summed E-state index contributed by atoms with van der Waals surface area (Å²) >= 11 is 5.22. The number of benzene rings is 1. The number of nitrogens with two attached hydrogens (primary N) is 1. The molecule has 1 aliphatic heterocycles. The van der Waals surface area contributed by atoms with Gasteiger partial charge in [-0.25, -0.2) is 0 Å². The van der Waals surface area contributed by atoms with Crippen molar-refractivity contribution in [1.29, 1.82) is 0 Å². The van der Waals surface area contributed by atoms with Crippen LogP contribution in [0.15, 0.2) is 30.3 Å². The maximum Gasteiger partial charge on any atom is 0.0816 e. The lowest BCUT2D eigenvalue weighted by Crippen LogP contribution is -2.37. The van der Waals surface area contributed by atoms with E-state index in [2.05, 4.69) is 29.2 Å². The average molecular weight is 248 g/mol. The molecule has 2 rings (SSSR count). The molecule has 0 aromatic heterocycles. The van der Waals surface area contributed by atoms with Gasteiger partial charge in [-0.2, -0.15) is 0 Å². The monoisotopic (exact) mass is 248 g/mol. The topological polar surface area (TPSA) is 29.3 Å². The Balaban J connectivity index is 2.05. The zero-order valence-corrected chi connectivity index (χ0v) is 11.0. The van der Waals surface area contributed by atoms with Gasteiger partial charge in [-0.05, 0) is 31.5 Å². The van der Waals surface area contributed by atoms with Crippen LogP contribution in [0.25, 0.3) is 0 Å². The van der Waals surface area contributed by atoms with Crippen LogP contribution in [0.3, 0.4) is 0 Å². The van der Waals surface area contributed by atoms with E-state index in [4.69, 9.17) is 18.0 Å². The Morgan fingerprint density at radius 3 is 2.41 bits per heavy atom. The molecular formula is C14H20N2S. The molecule has 0 aliphatic carbocycles. The minimum atomic E-state index is 0.198. The van der Waals surface area contributed by atoms with Crippen molar-refractivity contribution < 1.29 is 0 Å². The highest BCUT2D eigenvalue weighted by molar-refractivity contribution is 7.80. The van der Waals surface area contributed by atoms with Crippen LogP contribution in [-0.2, 0) is 0 Å². The number of nitrogens with zero attached hydrogens (tertiary/aromatic N) is 1. The molecule has 2 nitrogen and oxygen atoms in total. The summed E-state index contributed by atoms with van der Waals surface area (Å²) in [5.74, 6) is 0.198. The SMILES string of the molecule is NC(=S)C(CN1CCCCC1)c1ccccc1. The lowest BCUT2D eigenvalue weighted by molar-refractivity contribution is 0.227. The first-order chi connectivity index (χ1) is 8.27. The zero-order chi connectivity index (χ0) is 12.1. The van der Waals surface area contributed by atoms with E-state index in [0.29, 0.717) is 4.99 Å². The molecule has 3 heteroatoms. The second-order valence-electron chi connectivity index (χ2n) is 4.73. The Hall–Kier alpha value is -0.930. The third kappa shape index (κ3) is 3.51. The normalized spacial score (nSPS) is 18.8. The Morgan fingerprint density at radius 2 is 1.82 bits per heavy atom. The maximum absolute atomic E-state index is 5.89. The van der Waals surface area contributed by atoms with E-state index in [1.54, 1.807) is 0 Å². The van der Waals surface area contributed by atoms with E-state index in [1.165, 1.54) is 37.9 Å². The van der Waals surface area contributed by atoms with Crippen molar-refractivity contribution in [3.05, 3.63) is 35.9 Å². The molecular weight excluding hydrogens is 228 g/mol. The van der Waals surface area contributed by atoms with Crippen molar-refractivity contribution in [2.75, 3.05) is 19.6 Å². The summed E-state index contributed by atoms with van der Waals surface area (Å²) in [4.78, 5) is 3.10. The van der Waals surface area contributed by atoms with Gasteiger partial charge >= 0.3 is 0 Å². The number of thiocarbonyl (C=S) groups is 1. The molecule has 1 heterocycles. The molecule has 0 amide bonds. The van der Waals surface area contributed by atoms with Crippen LogP contribution in [0.4, 0.5) is 0 Å². The first-order valence-corrected chi connectivity index (χ1v) is 6.75. The van der Waals surface area contributed by atoms with Gasteiger partial charge in [-0.15, -0.1) is 0 Å². The van der Waals surface area contributed by atoms with Crippen molar-refractivity contribution in [3.8, 4) is 0 Å². The highest BCUT2D eigenvalue weighted by Gasteiger charge is 2.19. The Bertz CT molecular complexity index is 358. The van der Waals surface area contributed by atoms with Crippen molar-refractivity contribution in [1.82, 2.24) is 4.90 Å². The molecule has 2 N–H and O–H groups in total. The Labute approximate surface area is 109 Å². The van der Waals surface area contributed by atoms with Crippen molar-refractivity contribution in [2.24, 2.45) is 5.73 Å². The maximum atomic E-state index is 5.89. The molecule has 1 atom stereocenters. The fourth-order valence-corrected chi connectivity index (χ4v) is 2.66. The summed E-state index contributed by atoms with van der Waals surface area (Å²) < 4.78 is 0. The van der Waals surface area contributed by atoms with Crippen LogP contribution in [0.1, 0.15) is 30.7 Å². The third-order valence-electron chi connectivity index (χ3n) is 3.43. The predicted molar refractivity (Wildman–Crippen MR) is 76.3 cm³/mol. The number of piperidine rings is 1. The summed E-state index contributed by atoms with van der Waals surface area (Å²) in [6.07, 6.45) is 3.97. The highest BCUT2D eigenvalue weighted by atomic mass is 32.1. The van der Waals surface area contributed by atoms with Crippen LogP contribution < -0.4 is 5.73 Å². The van der Waals surface area contributed by atoms with Gasteiger partial charge in [0, 0.05) is 12.5 Å². The lowest BCUT2D eigenvalue weighted by Gasteiger charge is -2.30. The number of likely N-dealkylation sites (tertiary alicyclic amines) is 1. The summed E-state index contributed by atoms with van der Waals surface area (Å²) in [7, 11) is 0. The second kappa shape index (κ2) is 6.12. The lowest BCUT2D eigenvalue weighted by atomic mass is 9.97. The molecule has 1 aliphatic rings. The molecule has 1 saturated heterocycles. The number of hydrogen-bond donors (Lipinski definition) is 1. The zero-order valence-electron chi connectivity index (χ0n) is 10.1. The first kappa shape index (κ1) is 12.5. The van der Waals surface area contributed by atoms with Crippen molar-refractivity contribution >= 4 is 17.2 Å².